The highest BCUT2D eigenvalue weighted by molar-refractivity contribution is 5.71. The molecule has 0 bridgehead atoms. The molecule has 1 N–H and O–H groups in total. The third-order valence-corrected chi connectivity index (χ3v) is 2.94. The van der Waals surface area contributed by atoms with Crippen LogP contribution >= 0.6 is 0 Å². The molecule has 5 heteroatoms. The van der Waals surface area contributed by atoms with E-state index in [0.717, 1.165) is 11.3 Å². The first kappa shape index (κ1) is 11.8. The monoisotopic (exact) mass is 241 g/mol. The van der Waals surface area contributed by atoms with Gasteiger partial charge in [-0.05, 0) is 11.6 Å². The predicted molar refractivity (Wildman–Crippen MR) is 59.7 cm³/mol. The van der Waals surface area contributed by atoms with Gasteiger partial charge in [0.25, 0.3) is 6.43 Å². The van der Waals surface area contributed by atoms with Crippen molar-refractivity contribution >= 4 is 11.7 Å². The fourth-order valence-corrected chi connectivity index (χ4v) is 2.31. The summed E-state index contributed by atoms with van der Waals surface area (Å²) in [5.41, 5.74) is 1.59. The average molecular weight is 241 g/mol. The second-order valence-corrected chi connectivity index (χ2v) is 4.15. The van der Waals surface area contributed by atoms with E-state index >= 15 is 0 Å². The number of rotatable bonds is 4. The Hall–Kier alpha value is -1.65. The lowest BCUT2D eigenvalue weighted by atomic mass is 9.98. The molecule has 0 saturated heterocycles. The Morgan fingerprint density at radius 2 is 2.18 bits per heavy atom. The molecule has 1 aromatic rings. The van der Waals surface area contributed by atoms with Crippen LogP contribution < -0.4 is 4.90 Å². The third kappa shape index (κ3) is 2.54. The van der Waals surface area contributed by atoms with Gasteiger partial charge in [0, 0.05) is 18.2 Å². The van der Waals surface area contributed by atoms with Gasteiger partial charge >= 0.3 is 5.97 Å². The van der Waals surface area contributed by atoms with Gasteiger partial charge in [0.05, 0.1) is 13.0 Å². The number of carboxylic acid groups (broad SMARTS) is 1. The van der Waals surface area contributed by atoms with Crippen molar-refractivity contribution in [3.8, 4) is 0 Å². The molecule has 0 saturated carbocycles. The summed E-state index contributed by atoms with van der Waals surface area (Å²) in [4.78, 5) is 12.3. The third-order valence-electron chi connectivity index (χ3n) is 2.94. The molecule has 1 unspecified atom stereocenters. The highest BCUT2D eigenvalue weighted by atomic mass is 19.3. The maximum absolute atomic E-state index is 12.4. The van der Waals surface area contributed by atoms with E-state index < -0.39 is 12.4 Å². The highest BCUT2D eigenvalue weighted by Crippen LogP contribution is 2.37. The molecule has 0 aliphatic carbocycles. The molecule has 17 heavy (non-hydrogen) atoms. The van der Waals surface area contributed by atoms with E-state index in [4.69, 9.17) is 5.11 Å². The molecule has 1 aliphatic heterocycles. The number of nitrogens with zero attached hydrogens (tertiary/aromatic N) is 1. The molecule has 1 atom stereocenters. The number of carboxylic acids is 1. The summed E-state index contributed by atoms with van der Waals surface area (Å²) < 4.78 is 24.8. The summed E-state index contributed by atoms with van der Waals surface area (Å²) in [6, 6.07) is 7.16. The van der Waals surface area contributed by atoms with E-state index in [1.807, 2.05) is 6.07 Å². The maximum Gasteiger partial charge on any atom is 0.304 e. The van der Waals surface area contributed by atoms with Crippen molar-refractivity contribution in [3.05, 3.63) is 29.8 Å². The number of hydrogen-bond acceptors (Lipinski definition) is 2. The number of alkyl halides is 2. The van der Waals surface area contributed by atoms with Crippen LogP contribution in [0.2, 0.25) is 0 Å². The Bertz CT molecular complexity index is 423. The summed E-state index contributed by atoms with van der Waals surface area (Å²) in [6.45, 7) is 0.0170. The number of halogens is 2. The number of carbonyl (C=O) groups is 1. The number of hydrogen-bond donors (Lipinski definition) is 1. The lowest BCUT2D eigenvalue weighted by Crippen LogP contribution is -2.28. The Morgan fingerprint density at radius 1 is 1.47 bits per heavy atom. The topological polar surface area (TPSA) is 40.5 Å². The van der Waals surface area contributed by atoms with Crippen LogP contribution in [0.15, 0.2) is 24.3 Å². The summed E-state index contributed by atoms with van der Waals surface area (Å²) in [5.74, 6) is -1.09. The van der Waals surface area contributed by atoms with Crippen molar-refractivity contribution in [2.75, 3.05) is 18.0 Å². The molecule has 92 valence electrons. The summed E-state index contributed by atoms with van der Waals surface area (Å²) in [5, 5.41) is 8.80. The lowest BCUT2D eigenvalue weighted by molar-refractivity contribution is -0.137. The highest BCUT2D eigenvalue weighted by Gasteiger charge is 2.30. The van der Waals surface area contributed by atoms with Gasteiger partial charge in [-0.1, -0.05) is 18.2 Å². The quantitative estimate of drug-likeness (QED) is 0.879. The minimum absolute atomic E-state index is 0.0171. The SMILES string of the molecule is O=C(O)CC1CN(CC(F)F)c2ccccc21. The van der Waals surface area contributed by atoms with Gasteiger partial charge in [-0.15, -0.1) is 0 Å². The van der Waals surface area contributed by atoms with E-state index in [1.165, 1.54) is 0 Å². The zero-order valence-electron chi connectivity index (χ0n) is 9.14. The number of fused-ring (bicyclic) bond motifs is 1. The standard InChI is InChI=1S/C12H13F2NO2/c13-11(14)7-15-6-8(5-12(16)17)9-3-1-2-4-10(9)15/h1-4,8,11H,5-7H2,(H,16,17). The molecule has 0 amide bonds. The summed E-state index contributed by atoms with van der Waals surface area (Å²) >= 11 is 0. The number of anilines is 1. The second kappa shape index (κ2) is 4.69. The predicted octanol–water partition coefficient (Wildman–Crippen LogP) is 2.33. The van der Waals surface area contributed by atoms with Crippen molar-refractivity contribution in [2.45, 2.75) is 18.8 Å². The Labute approximate surface area is 97.7 Å². The molecule has 0 radical (unpaired) electrons. The molecule has 3 nitrogen and oxygen atoms in total. The van der Waals surface area contributed by atoms with Crippen molar-refractivity contribution in [3.63, 3.8) is 0 Å². The molecule has 0 aromatic heterocycles. The zero-order chi connectivity index (χ0) is 12.4. The van der Waals surface area contributed by atoms with E-state index in [0.29, 0.717) is 6.54 Å². The molecule has 1 aromatic carbocycles. The van der Waals surface area contributed by atoms with E-state index in [9.17, 15) is 13.6 Å². The van der Waals surface area contributed by atoms with Gasteiger partial charge in [0.2, 0.25) is 0 Å². The lowest BCUT2D eigenvalue weighted by Gasteiger charge is -2.18. The molecule has 0 fully saturated rings. The van der Waals surface area contributed by atoms with Crippen LogP contribution in [0, 0.1) is 0 Å². The van der Waals surface area contributed by atoms with E-state index in [1.54, 1.807) is 23.1 Å². The number of benzene rings is 1. The van der Waals surface area contributed by atoms with Gasteiger partial charge in [-0.2, -0.15) is 0 Å². The van der Waals surface area contributed by atoms with Crippen molar-refractivity contribution in [1.82, 2.24) is 0 Å². The Kier molecular flexibility index (Phi) is 3.26. The smallest absolute Gasteiger partial charge is 0.304 e. The van der Waals surface area contributed by atoms with Crippen LogP contribution in [0.25, 0.3) is 0 Å². The molecular formula is C12H13F2NO2. The molecular weight excluding hydrogens is 228 g/mol. The minimum Gasteiger partial charge on any atom is -0.481 e. The second-order valence-electron chi connectivity index (χ2n) is 4.15. The van der Waals surface area contributed by atoms with Gasteiger partial charge in [0.15, 0.2) is 0 Å². The first-order chi connectivity index (χ1) is 8.08. The van der Waals surface area contributed by atoms with Crippen LogP contribution in [-0.4, -0.2) is 30.6 Å². The summed E-state index contributed by atoms with van der Waals surface area (Å²) in [6.07, 6.45) is -2.43. The Balaban J connectivity index is 2.23. The number of para-hydroxylation sites is 1. The van der Waals surface area contributed by atoms with Gasteiger partial charge in [-0.3, -0.25) is 4.79 Å². The minimum atomic E-state index is -2.41. The van der Waals surface area contributed by atoms with Crippen LogP contribution in [0.3, 0.4) is 0 Å². The van der Waals surface area contributed by atoms with Gasteiger partial charge in [-0.25, -0.2) is 8.78 Å². The Morgan fingerprint density at radius 3 is 2.82 bits per heavy atom. The molecule has 0 spiro atoms. The van der Waals surface area contributed by atoms with Crippen LogP contribution in [-0.2, 0) is 4.79 Å². The first-order valence-corrected chi connectivity index (χ1v) is 5.41. The average Bonchev–Trinajstić information content (AvgIpc) is 2.56. The van der Waals surface area contributed by atoms with Crippen molar-refractivity contribution in [2.24, 2.45) is 0 Å². The maximum atomic E-state index is 12.4. The first-order valence-electron chi connectivity index (χ1n) is 5.41. The fraction of sp³-hybridized carbons (Fsp3) is 0.417. The van der Waals surface area contributed by atoms with Crippen molar-refractivity contribution < 1.29 is 18.7 Å². The molecule has 1 heterocycles. The molecule has 2 rings (SSSR count). The van der Waals surface area contributed by atoms with E-state index in [-0.39, 0.29) is 18.9 Å². The molecule has 1 aliphatic rings. The van der Waals surface area contributed by atoms with Gasteiger partial charge < -0.3 is 10.0 Å². The van der Waals surface area contributed by atoms with Crippen LogP contribution in [0.4, 0.5) is 14.5 Å². The van der Waals surface area contributed by atoms with Crippen LogP contribution in [0.5, 0.6) is 0 Å². The number of aliphatic carboxylic acids is 1. The van der Waals surface area contributed by atoms with Crippen LogP contribution in [0.1, 0.15) is 17.9 Å². The zero-order valence-corrected chi connectivity index (χ0v) is 9.14. The van der Waals surface area contributed by atoms with Gasteiger partial charge in [0.1, 0.15) is 0 Å². The van der Waals surface area contributed by atoms with E-state index in [2.05, 4.69) is 0 Å². The van der Waals surface area contributed by atoms with Crippen molar-refractivity contribution in [1.29, 1.82) is 0 Å². The fourth-order valence-electron chi connectivity index (χ4n) is 2.31. The largest absolute Gasteiger partial charge is 0.481 e. The summed E-state index contributed by atoms with van der Waals surface area (Å²) in [7, 11) is 0. The normalized spacial score (nSPS) is 18.5.